The van der Waals surface area contributed by atoms with Gasteiger partial charge >= 0.3 is 0 Å². The van der Waals surface area contributed by atoms with Crippen LogP contribution in [-0.2, 0) is 77.0 Å². The largest absolute Gasteiger partial charge is 0.340 e. The van der Waals surface area contributed by atoms with Crippen LogP contribution < -0.4 is 30.5 Å². The summed E-state index contributed by atoms with van der Waals surface area (Å²) in [6.45, 7) is 8.06. The van der Waals surface area contributed by atoms with Crippen LogP contribution in [0.1, 0.15) is 72.2 Å². The molecule has 8 aromatic heterocycles. The van der Waals surface area contributed by atoms with Crippen molar-refractivity contribution in [2.24, 2.45) is 33.9 Å². The Kier molecular flexibility index (Phi) is 21.2. The maximum absolute atomic E-state index is 14.6. The quantitative estimate of drug-likeness (QED) is 0.0759. The molecule has 4 N–H and O–H groups in total. The molecule has 12 aromatic rings. The van der Waals surface area contributed by atoms with Crippen LogP contribution in [0, 0.1) is 45.9 Å². The average Bonchev–Trinajstić information content (AvgIpc) is 1.80. The Hall–Kier alpha value is -10.9. The number of nitriles is 2. The number of imidazole rings is 4. The van der Waals surface area contributed by atoms with E-state index in [9.17, 15) is 26.0 Å². The van der Waals surface area contributed by atoms with Crippen molar-refractivity contribution < 1.29 is 26.0 Å². The van der Waals surface area contributed by atoms with Gasteiger partial charge in [0.25, 0.3) is 0 Å². The summed E-state index contributed by atoms with van der Waals surface area (Å²) in [6, 6.07) is 23.8. The smallest absolute Gasteiger partial charge is 0.209 e. The molecule has 0 aliphatic carbocycles. The van der Waals surface area contributed by atoms with E-state index in [0.29, 0.717) is 64.9 Å². The minimum absolute atomic E-state index is 0.0532. The molecule has 8 heterocycles. The minimum Gasteiger partial charge on any atom is -0.340 e. The number of aryl methyl sites for hydroxylation is 8. The molecule has 0 amide bonds. The molecule has 0 atom stereocenters. The lowest BCUT2D eigenvalue weighted by atomic mass is 10.0. The summed E-state index contributed by atoms with van der Waals surface area (Å²) in [5.74, 6) is 0.907. The van der Waals surface area contributed by atoms with E-state index in [0.717, 1.165) is 90.6 Å². The number of nitrogens with two attached hydrogens (primary N) is 1. The minimum atomic E-state index is -3.39. The zero-order valence-electron chi connectivity index (χ0n) is 54.7. The first-order valence-corrected chi connectivity index (χ1v) is 32.1. The van der Waals surface area contributed by atoms with Gasteiger partial charge in [0.2, 0.25) is 10.0 Å². The monoisotopic (exact) mass is 1310 g/mol. The van der Waals surface area contributed by atoms with Crippen molar-refractivity contribution in [3.05, 3.63) is 191 Å². The van der Waals surface area contributed by atoms with Gasteiger partial charge in [0.05, 0.1) is 89.5 Å². The van der Waals surface area contributed by atoms with Gasteiger partial charge in [-0.3, -0.25) is 0 Å². The van der Waals surface area contributed by atoms with Crippen LogP contribution >= 0.6 is 0 Å². The molecule has 0 aliphatic rings. The summed E-state index contributed by atoms with van der Waals surface area (Å²) in [6.07, 6.45) is 17.6. The van der Waals surface area contributed by atoms with Crippen LogP contribution in [0.3, 0.4) is 0 Å². The first-order chi connectivity index (χ1) is 45.4. The molecule has 0 unspecified atom stereocenters. The van der Waals surface area contributed by atoms with Gasteiger partial charge in [-0.25, -0.2) is 70.6 Å². The second kappa shape index (κ2) is 29.4. The van der Waals surface area contributed by atoms with Gasteiger partial charge in [-0.2, -0.15) is 10.5 Å². The number of hydrogen-bond donors (Lipinski definition) is 3. The molecule has 22 nitrogen and oxygen atoms in total. The number of pyridine rings is 4. The van der Waals surface area contributed by atoms with Crippen LogP contribution in [0.15, 0.2) is 123 Å². The molecule has 12 rings (SSSR count). The van der Waals surface area contributed by atoms with Crippen LogP contribution in [0.2, 0.25) is 0 Å². The fraction of sp³-hybridized carbons (Fsp3) is 0.265. The van der Waals surface area contributed by atoms with Crippen molar-refractivity contribution in [2.45, 2.75) is 66.5 Å². The number of nitrogens with one attached hydrogen (secondary N) is 2. The van der Waals surface area contributed by atoms with E-state index in [-0.39, 0.29) is 30.0 Å². The van der Waals surface area contributed by atoms with Crippen LogP contribution in [0.5, 0.6) is 0 Å². The topological polar surface area (TPSA) is 264 Å². The van der Waals surface area contributed by atoms with Crippen molar-refractivity contribution in [1.82, 2.24) is 62.9 Å². The van der Waals surface area contributed by atoms with Crippen LogP contribution in [0.25, 0.3) is 44.1 Å². The molecule has 0 fully saturated rings. The third kappa shape index (κ3) is 15.3. The number of anilines is 8. The lowest BCUT2D eigenvalue weighted by molar-refractivity contribution is 0.579. The summed E-state index contributed by atoms with van der Waals surface area (Å²) in [7, 11) is 9.82. The van der Waals surface area contributed by atoms with Gasteiger partial charge in [-0.15, -0.1) is 0 Å². The van der Waals surface area contributed by atoms with Crippen LogP contribution in [-0.4, -0.2) is 94.0 Å². The highest BCUT2D eigenvalue weighted by Gasteiger charge is 2.20. The lowest BCUT2D eigenvalue weighted by Gasteiger charge is -2.22. The number of fused-ring (bicyclic) bond motifs is 4. The van der Waals surface area contributed by atoms with Gasteiger partial charge in [0.1, 0.15) is 80.7 Å². The van der Waals surface area contributed by atoms with Crippen LogP contribution in [0.4, 0.5) is 63.6 Å². The van der Waals surface area contributed by atoms with Gasteiger partial charge in [0.15, 0.2) is 0 Å². The Bertz CT molecular complexity index is 5010. The number of rotatable bonds is 16. The molecule has 0 aliphatic heterocycles. The highest BCUT2D eigenvalue weighted by Crippen LogP contribution is 2.34. The molecular weight excluding hydrogens is 1240 g/mol. The molecule has 27 heteroatoms. The number of halogens is 4. The van der Waals surface area contributed by atoms with Crippen molar-refractivity contribution >= 4 is 100 Å². The second-order valence-corrected chi connectivity index (χ2v) is 24.2. The third-order valence-electron chi connectivity index (χ3n) is 16.1. The Morgan fingerprint density at radius 1 is 0.463 bits per heavy atom. The molecule has 4 aromatic carbocycles. The van der Waals surface area contributed by atoms with Crippen molar-refractivity contribution in [1.29, 1.82) is 10.5 Å². The van der Waals surface area contributed by atoms with E-state index in [1.54, 1.807) is 68.3 Å². The highest BCUT2D eigenvalue weighted by molar-refractivity contribution is 7.88. The third-order valence-corrected chi connectivity index (χ3v) is 16.8. The second-order valence-electron chi connectivity index (χ2n) is 22.4. The number of benzene rings is 4. The Labute approximate surface area is 547 Å². The van der Waals surface area contributed by atoms with Crippen molar-refractivity contribution in [3.63, 3.8) is 0 Å². The number of nitrogens with zero attached hydrogens (tertiary/aromatic N) is 17. The summed E-state index contributed by atoms with van der Waals surface area (Å²) in [5.41, 5.74) is 20.1. The molecule has 0 radical (unpaired) electrons. The number of sulfonamides is 1. The van der Waals surface area contributed by atoms with E-state index < -0.39 is 27.5 Å². The Morgan fingerprint density at radius 2 is 0.811 bits per heavy atom. The van der Waals surface area contributed by atoms with Gasteiger partial charge in [0, 0.05) is 121 Å². The first kappa shape index (κ1) is 68.5. The normalized spacial score (nSPS) is 11.1. The molecule has 0 spiro atoms. The van der Waals surface area contributed by atoms with Gasteiger partial charge in [-0.1, -0.05) is 27.7 Å². The van der Waals surface area contributed by atoms with Crippen molar-refractivity contribution in [2.75, 3.05) is 47.4 Å². The molecule has 0 bridgehead atoms. The van der Waals surface area contributed by atoms with E-state index in [1.807, 2.05) is 152 Å². The zero-order valence-corrected chi connectivity index (χ0v) is 55.5. The van der Waals surface area contributed by atoms with Gasteiger partial charge in [-0.05, 0) is 96.5 Å². The molecule has 0 saturated carbocycles. The van der Waals surface area contributed by atoms with E-state index in [2.05, 4.69) is 49.9 Å². The maximum Gasteiger partial charge on any atom is 0.209 e. The molecule has 490 valence electrons. The summed E-state index contributed by atoms with van der Waals surface area (Å²) in [5, 5.41) is 21.0. The van der Waals surface area contributed by atoms with E-state index >= 15 is 0 Å². The number of aromatic nitrogens is 12. The molecule has 0 saturated heterocycles. The summed E-state index contributed by atoms with van der Waals surface area (Å²) >= 11 is 0. The fourth-order valence-electron chi connectivity index (χ4n) is 10.6. The van der Waals surface area contributed by atoms with E-state index in [4.69, 9.17) is 16.3 Å². The average molecular weight is 1310 g/mol. The fourth-order valence-corrected chi connectivity index (χ4v) is 11.0. The summed E-state index contributed by atoms with van der Waals surface area (Å²) < 4.78 is 89.2. The standard InChI is InChI=1S/C18H22FN5O2S.C17H20FN5.C17H16FN5.C16H14FN5/c1-5-12-6-13(9-22-27(4,25)26)14(19)7-16(12)24(3)18-8-17-15(10-20-18)21-11-23(17)2;2*1-4-11-5-12(8-19)13(18)6-15(11)23(3)17-7-16-14(9-20-17)21-10-22(16)2;1-3-10-4-11(7-18)12(17)5-13(10)21-16-6-15-14(8-19-16)20-9-22(15)2/h6-8,10-11,22H,5,9H2,1-4H3;5-7,9-10H,4,8,19H2,1-3H3;5-7,9-10H,4H2,1-3H3;4-6,8-9H,3H2,1-2H3,(H,19,21). The van der Waals surface area contributed by atoms with Crippen molar-refractivity contribution in [3.8, 4) is 12.1 Å². The predicted octanol–water partition coefficient (Wildman–Crippen LogP) is 12.0. The SMILES string of the molecule is CCc1cc(C#N)c(F)cc1N(C)c1cc2c(cn1)ncn2C.CCc1cc(C#N)c(F)cc1Nc1cc2c(cn1)ncn2C.CCc1cc(CN)c(F)cc1N(C)c1cc2c(cn1)ncn2C.CCc1cc(CNS(C)(=O)=O)c(F)cc1N(C)c1cc2c(cn1)ncn2C. The highest BCUT2D eigenvalue weighted by atomic mass is 32.2. The Morgan fingerprint density at radius 3 is 1.20 bits per heavy atom. The first-order valence-electron chi connectivity index (χ1n) is 30.2. The number of hydrogen-bond acceptors (Lipinski definition) is 17. The summed E-state index contributed by atoms with van der Waals surface area (Å²) in [4.78, 5) is 40.1. The van der Waals surface area contributed by atoms with E-state index in [1.165, 1.54) is 24.3 Å². The predicted molar refractivity (Wildman–Crippen MR) is 364 cm³/mol. The zero-order chi connectivity index (χ0) is 68.6. The molecule has 95 heavy (non-hydrogen) atoms. The van der Waals surface area contributed by atoms with Gasteiger partial charge < -0.3 is 44.0 Å². The maximum atomic E-state index is 14.6. The Balaban J connectivity index is 0.000000149. The lowest BCUT2D eigenvalue weighted by Crippen LogP contribution is -2.22. The molecular formula is C68H72F4N20O2S.